The lowest BCUT2D eigenvalue weighted by atomic mass is 9.91. The van der Waals surface area contributed by atoms with E-state index < -0.39 is 11.7 Å². The highest BCUT2D eigenvalue weighted by molar-refractivity contribution is 5.90. The minimum Gasteiger partial charge on any atom is -0.335 e. The molecule has 25 heavy (non-hydrogen) atoms. The van der Waals surface area contributed by atoms with Crippen LogP contribution in [0.25, 0.3) is 0 Å². The van der Waals surface area contributed by atoms with Gasteiger partial charge in [-0.25, -0.2) is 4.98 Å². The van der Waals surface area contributed by atoms with Crippen molar-refractivity contribution < 1.29 is 18.0 Å². The second kappa shape index (κ2) is 5.86. The zero-order valence-electron chi connectivity index (χ0n) is 13.3. The number of H-pyrrole nitrogens is 1. The third-order valence-corrected chi connectivity index (χ3v) is 5.36. The van der Waals surface area contributed by atoms with Crippen LogP contribution in [-0.4, -0.2) is 39.1 Å². The number of halogens is 3. The number of nitrogens with one attached hydrogen (secondary N) is 1. The van der Waals surface area contributed by atoms with Crippen LogP contribution >= 0.6 is 0 Å². The summed E-state index contributed by atoms with van der Waals surface area (Å²) in [4.78, 5) is 17.9. The third-order valence-electron chi connectivity index (χ3n) is 5.36. The van der Waals surface area contributed by atoms with E-state index in [1.807, 2.05) is 0 Å². The lowest BCUT2D eigenvalue weighted by Gasteiger charge is -2.21. The summed E-state index contributed by atoms with van der Waals surface area (Å²) in [5.41, 5.74) is -0.146. The molecule has 1 aromatic carbocycles. The van der Waals surface area contributed by atoms with Crippen LogP contribution in [0.15, 0.2) is 30.6 Å². The average molecular weight is 350 g/mol. The van der Waals surface area contributed by atoms with Crippen LogP contribution in [-0.2, 0) is 6.18 Å². The molecule has 1 aromatic heterocycles. The lowest BCUT2D eigenvalue weighted by molar-refractivity contribution is -0.138. The number of fused-ring (bicyclic) bond motifs is 1. The molecule has 1 amide bonds. The number of rotatable bonds is 2. The van der Waals surface area contributed by atoms with Crippen molar-refractivity contribution in [2.24, 2.45) is 11.8 Å². The summed E-state index contributed by atoms with van der Waals surface area (Å²) in [6.07, 6.45) is -1.69. The van der Waals surface area contributed by atoms with Gasteiger partial charge in [0.25, 0.3) is 5.91 Å². The smallest absolute Gasteiger partial charge is 0.335 e. The Bertz CT molecular complexity index is 760. The van der Waals surface area contributed by atoms with Crippen LogP contribution in [0.2, 0.25) is 0 Å². The fourth-order valence-electron chi connectivity index (χ4n) is 4.29. The number of amides is 1. The zero-order chi connectivity index (χ0) is 17.6. The predicted molar refractivity (Wildman–Crippen MR) is 82.7 cm³/mol. The van der Waals surface area contributed by atoms with Gasteiger partial charge in [-0.1, -0.05) is 18.2 Å². The molecule has 132 valence electrons. The van der Waals surface area contributed by atoms with Gasteiger partial charge in [-0.05, 0) is 42.2 Å². The van der Waals surface area contributed by atoms with Gasteiger partial charge in [-0.2, -0.15) is 18.3 Å². The Kier molecular flexibility index (Phi) is 3.77. The highest BCUT2D eigenvalue weighted by Gasteiger charge is 2.45. The molecule has 0 radical (unpaired) electrons. The maximum Gasteiger partial charge on any atom is 0.416 e. The van der Waals surface area contributed by atoms with Gasteiger partial charge in [0.1, 0.15) is 6.33 Å². The molecule has 2 unspecified atom stereocenters. The van der Waals surface area contributed by atoms with Crippen LogP contribution in [0, 0.1) is 11.8 Å². The topological polar surface area (TPSA) is 61.9 Å². The number of hydrogen-bond acceptors (Lipinski definition) is 3. The van der Waals surface area contributed by atoms with E-state index in [1.54, 1.807) is 17.0 Å². The van der Waals surface area contributed by atoms with Gasteiger partial charge in [-0.3, -0.25) is 9.89 Å². The van der Waals surface area contributed by atoms with Crippen molar-refractivity contribution in [2.45, 2.75) is 24.9 Å². The first kappa shape index (κ1) is 16.1. The molecular formula is C17H17F3N4O. The van der Waals surface area contributed by atoms with E-state index in [-0.39, 0.29) is 29.5 Å². The molecule has 1 aliphatic heterocycles. The molecule has 1 aliphatic carbocycles. The van der Waals surface area contributed by atoms with E-state index in [0.717, 1.165) is 6.07 Å². The highest BCUT2D eigenvalue weighted by Crippen LogP contribution is 2.48. The molecule has 2 aliphatic rings. The molecule has 0 spiro atoms. The summed E-state index contributed by atoms with van der Waals surface area (Å²) in [7, 11) is 0. The van der Waals surface area contributed by atoms with Gasteiger partial charge in [0.05, 0.1) is 5.56 Å². The number of benzene rings is 1. The summed E-state index contributed by atoms with van der Waals surface area (Å²) in [5.74, 6) is 0.379. The molecule has 4 rings (SSSR count). The largest absolute Gasteiger partial charge is 0.416 e. The molecule has 1 saturated carbocycles. The Hall–Kier alpha value is -2.38. The van der Waals surface area contributed by atoms with Crippen LogP contribution < -0.4 is 0 Å². The third kappa shape index (κ3) is 2.89. The number of hydrogen-bond donors (Lipinski definition) is 1. The average Bonchev–Trinajstić information content (AvgIpc) is 3.29. The van der Waals surface area contributed by atoms with E-state index >= 15 is 0 Å². The molecule has 2 atom stereocenters. The van der Waals surface area contributed by atoms with Crippen molar-refractivity contribution in [3.63, 3.8) is 0 Å². The van der Waals surface area contributed by atoms with Crippen molar-refractivity contribution in [2.75, 3.05) is 13.1 Å². The van der Waals surface area contributed by atoms with Gasteiger partial charge >= 0.3 is 6.18 Å². The molecular weight excluding hydrogens is 333 g/mol. The van der Waals surface area contributed by atoms with E-state index in [9.17, 15) is 18.0 Å². The maximum atomic E-state index is 13.2. The van der Waals surface area contributed by atoms with Crippen LogP contribution in [0.1, 0.15) is 40.5 Å². The van der Waals surface area contributed by atoms with E-state index in [2.05, 4.69) is 15.2 Å². The number of aromatic nitrogens is 3. The fourth-order valence-corrected chi connectivity index (χ4v) is 4.29. The quantitative estimate of drug-likeness (QED) is 0.905. The molecule has 2 aromatic rings. The molecule has 8 heteroatoms. The number of nitrogens with zero attached hydrogens (tertiary/aromatic N) is 3. The first-order valence-electron chi connectivity index (χ1n) is 8.24. The Morgan fingerprint density at radius 3 is 2.44 bits per heavy atom. The number of alkyl halides is 3. The normalized spacial score (nSPS) is 26.0. The molecule has 2 fully saturated rings. The lowest BCUT2D eigenvalue weighted by Crippen LogP contribution is -2.30. The molecule has 0 bridgehead atoms. The van der Waals surface area contributed by atoms with E-state index in [0.29, 0.717) is 31.5 Å². The molecule has 2 heterocycles. The minimum absolute atomic E-state index is 0.102. The summed E-state index contributed by atoms with van der Waals surface area (Å²) in [6, 6.07) is 5.84. The summed E-state index contributed by atoms with van der Waals surface area (Å²) in [6.45, 7) is 1.13. The van der Waals surface area contributed by atoms with Crippen LogP contribution in [0.3, 0.4) is 0 Å². The first-order valence-corrected chi connectivity index (χ1v) is 8.24. The van der Waals surface area contributed by atoms with Gasteiger partial charge in [-0.15, -0.1) is 0 Å². The summed E-state index contributed by atoms with van der Waals surface area (Å²) < 4.78 is 39.7. The summed E-state index contributed by atoms with van der Waals surface area (Å²) in [5, 5.41) is 6.24. The fraction of sp³-hybridized carbons (Fsp3) is 0.471. The SMILES string of the molecule is O=C(c1ncn[nH]1)N1CC2CC(c3ccccc3C(F)(F)F)CC2C1. The number of aromatic amines is 1. The monoisotopic (exact) mass is 350 g/mol. The second-order valence-electron chi connectivity index (χ2n) is 6.82. The molecule has 1 saturated heterocycles. The van der Waals surface area contributed by atoms with Gasteiger partial charge in [0.15, 0.2) is 0 Å². The standard InChI is InChI=1S/C17H17F3N4O/c18-17(19,20)14-4-2-1-3-13(14)10-5-11-7-24(8-12(11)6-10)16(25)15-21-9-22-23-15/h1-4,9-12H,5-8H2,(H,21,22,23). The Morgan fingerprint density at radius 1 is 1.16 bits per heavy atom. The van der Waals surface area contributed by atoms with E-state index in [1.165, 1.54) is 12.4 Å². The first-order chi connectivity index (χ1) is 11.9. The molecule has 1 N–H and O–H groups in total. The van der Waals surface area contributed by atoms with Crippen molar-refractivity contribution in [3.8, 4) is 0 Å². The van der Waals surface area contributed by atoms with Crippen LogP contribution in [0.5, 0.6) is 0 Å². The maximum absolute atomic E-state index is 13.2. The van der Waals surface area contributed by atoms with E-state index in [4.69, 9.17) is 0 Å². The number of carbonyl (C=O) groups excluding carboxylic acids is 1. The van der Waals surface area contributed by atoms with Gasteiger partial charge in [0, 0.05) is 13.1 Å². The van der Waals surface area contributed by atoms with Crippen molar-refractivity contribution in [1.82, 2.24) is 20.1 Å². The highest BCUT2D eigenvalue weighted by atomic mass is 19.4. The summed E-state index contributed by atoms with van der Waals surface area (Å²) >= 11 is 0. The Morgan fingerprint density at radius 2 is 1.84 bits per heavy atom. The van der Waals surface area contributed by atoms with Gasteiger partial charge < -0.3 is 4.90 Å². The number of likely N-dealkylation sites (tertiary alicyclic amines) is 1. The van der Waals surface area contributed by atoms with Crippen molar-refractivity contribution in [3.05, 3.63) is 47.5 Å². The van der Waals surface area contributed by atoms with Crippen molar-refractivity contribution >= 4 is 5.91 Å². The zero-order valence-corrected chi connectivity index (χ0v) is 13.3. The van der Waals surface area contributed by atoms with Crippen molar-refractivity contribution in [1.29, 1.82) is 0 Å². The second-order valence-corrected chi connectivity index (χ2v) is 6.82. The van der Waals surface area contributed by atoms with Crippen LogP contribution in [0.4, 0.5) is 13.2 Å². The Balaban J connectivity index is 1.48. The van der Waals surface area contributed by atoms with Gasteiger partial charge in [0.2, 0.25) is 5.82 Å². The minimum atomic E-state index is -4.33. The Labute approximate surface area is 142 Å². The molecule has 5 nitrogen and oxygen atoms in total. The number of carbonyl (C=O) groups is 1. The predicted octanol–water partition coefficient (Wildman–Crippen LogP) is 3.09.